The fourth-order valence-electron chi connectivity index (χ4n) is 2.41. The Balaban J connectivity index is 2.12. The van der Waals surface area contributed by atoms with Crippen LogP contribution < -0.4 is 4.90 Å². The van der Waals surface area contributed by atoms with Crippen molar-refractivity contribution in [2.75, 3.05) is 18.1 Å². The van der Waals surface area contributed by atoms with Gasteiger partial charge >= 0.3 is 0 Å². The Labute approximate surface area is 102 Å². The predicted molar refractivity (Wildman–Crippen MR) is 65.6 cm³/mol. The Morgan fingerprint density at radius 3 is 3.24 bits per heavy atom. The molecule has 1 fully saturated rings. The van der Waals surface area contributed by atoms with Crippen molar-refractivity contribution in [2.45, 2.75) is 31.7 Å². The van der Waals surface area contributed by atoms with Crippen LogP contribution in [-0.4, -0.2) is 29.3 Å². The number of rotatable bonds is 4. The van der Waals surface area contributed by atoms with Gasteiger partial charge < -0.3 is 10.0 Å². The minimum Gasteiger partial charge on any atom is -0.396 e. The van der Waals surface area contributed by atoms with Crippen molar-refractivity contribution in [1.82, 2.24) is 4.98 Å². The standard InChI is InChI=1S/C13H17N3O/c14-10-11-5-6-15-13(9-11)16-7-1-3-12(16)4-2-8-17/h5-6,9,12,17H,1-4,7-8H2. The number of anilines is 1. The number of nitrogens with zero attached hydrogens (tertiary/aromatic N) is 3. The maximum atomic E-state index is 8.89. The zero-order valence-electron chi connectivity index (χ0n) is 9.84. The zero-order valence-corrected chi connectivity index (χ0v) is 9.84. The number of aliphatic hydroxyl groups is 1. The normalized spacial score (nSPS) is 19.3. The molecule has 0 radical (unpaired) electrons. The predicted octanol–water partition coefficient (Wildman–Crippen LogP) is 1.69. The average Bonchev–Trinajstić information content (AvgIpc) is 2.84. The third-order valence-electron chi connectivity index (χ3n) is 3.24. The van der Waals surface area contributed by atoms with E-state index in [2.05, 4.69) is 16.0 Å². The van der Waals surface area contributed by atoms with E-state index in [-0.39, 0.29) is 6.61 Å². The molecule has 1 aromatic heterocycles. The molecule has 0 spiro atoms. The van der Waals surface area contributed by atoms with Crippen LogP contribution in [0, 0.1) is 11.3 Å². The van der Waals surface area contributed by atoms with Gasteiger partial charge in [-0.25, -0.2) is 4.98 Å². The lowest BCUT2D eigenvalue weighted by Gasteiger charge is -2.25. The topological polar surface area (TPSA) is 60.2 Å². The number of pyridine rings is 1. The highest BCUT2D eigenvalue weighted by Crippen LogP contribution is 2.26. The van der Waals surface area contributed by atoms with Gasteiger partial charge in [0.1, 0.15) is 5.82 Å². The maximum absolute atomic E-state index is 8.89. The van der Waals surface area contributed by atoms with Crippen LogP contribution >= 0.6 is 0 Å². The van der Waals surface area contributed by atoms with E-state index in [0.717, 1.165) is 38.0 Å². The van der Waals surface area contributed by atoms with E-state index >= 15 is 0 Å². The van der Waals surface area contributed by atoms with E-state index in [4.69, 9.17) is 10.4 Å². The molecule has 17 heavy (non-hydrogen) atoms. The molecule has 1 aliphatic rings. The third-order valence-corrected chi connectivity index (χ3v) is 3.24. The molecular formula is C13H17N3O. The lowest BCUT2D eigenvalue weighted by Crippen LogP contribution is -2.30. The summed E-state index contributed by atoms with van der Waals surface area (Å²) in [7, 11) is 0. The summed E-state index contributed by atoms with van der Waals surface area (Å²) in [4.78, 5) is 6.60. The van der Waals surface area contributed by atoms with E-state index in [1.807, 2.05) is 6.07 Å². The second-order valence-electron chi connectivity index (χ2n) is 4.37. The smallest absolute Gasteiger partial charge is 0.130 e. The fourth-order valence-corrected chi connectivity index (χ4v) is 2.41. The van der Waals surface area contributed by atoms with Crippen molar-refractivity contribution in [1.29, 1.82) is 5.26 Å². The van der Waals surface area contributed by atoms with Crippen molar-refractivity contribution >= 4 is 5.82 Å². The van der Waals surface area contributed by atoms with Crippen molar-refractivity contribution in [3.63, 3.8) is 0 Å². The van der Waals surface area contributed by atoms with Gasteiger partial charge in [0.25, 0.3) is 0 Å². The van der Waals surface area contributed by atoms with Crippen LogP contribution in [0.25, 0.3) is 0 Å². The minimum absolute atomic E-state index is 0.246. The van der Waals surface area contributed by atoms with E-state index in [0.29, 0.717) is 11.6 Å². The summed E-state index contributed by atoms with van der Waals surface area (Å²) < 4.78 is 0. The van der Waals surface area contributed by atoms with Gasteiger partial charge in [-0.05, 0) is 37.8 Å². The first-order valence-electron chi connectivity index (χ1n) is 6.09. The lowest BCUT2D eigenvalue weighted by atomic mass is 10.1. The van der Waals surface area contributed by atoms with Gasteiger partial charge in [0.05, 0.1) is 11.6 Å². The quantitative estimate of drug-likeness (QED) is 0.856. The van der Waals surface area contributed by atoms with Crippen LogP contribution in [0.15, 0.2) is 18.3 Å². The van der Waals surface area contributed by atoms with Crippen LogP contribution in [0.3, 0.4) is 0 Å². The Morgan fingerprint density at radius 1 is 1.59 bits per heavy atom. The molecular weight excluding hydrogens is 214 g/mol. The molecule has 0 bridgehead atoms. The summed E-state index contributed by atoms with van der Waals surface area (Å²) in [5, 5.41) is 17.8. The molecule has 1 atom stereocenters. The highest BCUT2D eigenvalue weighted by atomic mass is 16.2. The second-order valence-corrected chi connectivity index (χ2v) is 4.37. The first kappa shape index (κ1) is 11.9. The molecule has 0 saturated carbocycles. The Hall–Kier alpha value is -1.60. The van der Waals surface area contributed by atoms with E-state index in [1.165, 1.54) is 0 Å². The highest BCUT2D eigenvalue weighted by Gasteiger charge is 2.25. The summed E-state index contributed by atoms with van der Waals surface area (Å²) in [6.45, 7) is 1.24. The first-order valence-corrected chi connectivity index (χ1v) is 6.09. The summed E-state index contributed by atoms with van der Waals surface area (Å²) >= 11 is 0. The van der Waals surface area contributed by atoms with Crippen LogP contribution in [0.2, 0.25) is 0 Å². The molecule has 4 heteroatoms. The summed E-state index contributed by atoms with van der Waals surface area (Å²) in [5.41, 5.74) is 0.655. The van der Waals surface area contributed by atoms with E-state index in [1.54, 1.807) is 12.3 Å². The van der Waals surface area contributed by atoms with Gasteiger partial charge in [0.2, 0.25) is 0 Å². The molecule has 1 saturated heterocycles. The number of aromatic nitrogens is 1. The first-order chi connectivity index (χ1) is 8.35. The summed E-state index contributed by atoms with van der Waals surface area (Å²) in [6, 6.07) is 6.17. The number of hydrogen-bond acceptors (Lipinski definition) is 4. The molecule has 90 valence electrons. The molecule has 2 heterocycles. The molecule has 0 aromatic carbocycles. The Kier molecular flexibility index (Phi) is 3.94. The molecule has 1 N–H and O–H groups in total. The summed E-state index contributed by atoms with van der Waals surface area (Å²) in [6.07, 6.45) is 5.83. The van der Waals surface area contributed by atoms with Gasteiger partial charge in [0.15, 0.2) is 0 Å². The van der Waals surface area contributed by atoms with Crippen LogP contribution in [0.1, 0.15) is 31.2 Å². The van der Waals surface area contributed by atoms with E-state index in [9.17, 15) is 0 Å². The van der Waals surface area contributed by atoms with Gasteiger partial charge in [-0.15, -0.1) is 0 Å². The van der Waals surface area contributed by atoms with Crippen LogP contribution in [0.5, 0.6) is 0 Å². The number of hydrogen-bond donors (Lipinski definition) is 1. The molecule has 1 unspecified atom stereocenters. The van der Waals surface area contributed by atoms with Gasteiger partial charge in [-0.3, -0.25) is 0 Å². The van der Waals surface area contributed by atoms with E-state index < -0.39 is 0 Å². The molecule has 1 aliphatic heterocycles. The monoisotopic (exact) mass is 231 g/mol. The van der Waals surface area contributed by atoms with Crippen molar-refractivity contribution in [3.8, 4) is 6.07 Å². The number of aliphatic hydroxyl groups excluding tert-OH is 1. The van der Waals surface area contributed by atoms with Gasteiger partial charge in [0, 0.05) is 25.4 Å². The Morgan fingerprint density at radius 2 is 2.47 bits per heavy atom. The number of nitriles is 1. The van der Waals surface area contributed by atoms with Gasteiger partial charge in [-0.2, -0.15) is 5.26 Å². The van der Waals surface area contributed by atoms with Crippen LogP contribution in [-0.2, 0) is 0 Å². The largest absolute Gasteiger partial charge is 0.396 e. The van der Waals surface area contributed by atoms with Gasteiger partial charge in [-0.1, -0.05) is 0 Å². The Bertz CT molecular complexity index is 413. The fraction of sp³-hybridized carbons (Fsp3) is 0.538. The molecule has 0 amide bonds. The average molecular weight is 231 g/mol. The SMILES string of the molecule is N#Cc1ccnc(N2CCCC2CCCO)c1. The van der Waals surface area contributed by atoms with Crippen molar-refractivity contribution < 1.29 is 5.11 Å². The molecule has 4 nitrogen and oxygen atoms in total. The molecule has 2 rings (SSSR count). The minimum atomic E-state index is 0.246. The summed E-state index contributed by atoms with van der Waals surface area (Å²) in [5.74, 6) is 0.893. The van der Waals surface area contributed by atoms with Crippen LogP contribution in [0.4, 0.5) is 5.82 Å². The van der Waals surface area contributed by atoms with Crippen molar-refractivity contribution in [3.05, 3.63) is 23.9 Å². The molecule has 1 aromatic rings. The highest BCUT2D eigenvalue weighted by molar-refractivity contribution is 5.46. The third kappa shape index (κ3) is 2.75. The second kappa shape index (κ2) is 5.65. The molecule has 0 aliphatic carbocycles. The van der Waals surface area contributed by atoms with Crippen molar-refractivity contribution in [2.24, 2.45) is 0 Å². The lowest BCUT2D eigenvalue weighted by molar-refractivity contribution is 0.279. The maximum Gasteiger partial charge on any atom is 0.130 e. The zero-order chi connectivity index (χ0) is 12.1.